The molecule has 25 heavy (non-hydrogen) atoms. The minimum absolute atomic E-state index is 0.0446. The Kier molecular flexibility index (Phi) is 5.89. The molecular formula is C20H26N2O3. The number of aliphatic hydroxyl groups is 1. The molecular weight excluding hydrogens is 316 g/mol. The van der Waals surface area contributed by atoms with Crippen molar-refractivity contribution in [1.82, 2.24) is 9.80 Å². The van der Waals surface area contributed by atoms with E-state index in [1.807, 2.05) is 30.3 Å². The number of aliphatic hydroxyl groups excluding tert-OH is 1. The maximum absolute atomic E-state index is 12.9. The maximum Gasteiger partial charge on any atom is 0.237 e. The first-order valence-electron chi connectivity index (χ1n) is 8.90. The van der Waals surface area contributed by atoms with Gasteiger partial charge in [0.25, 0.3) is 0 Å². The van der Waals surface area contributed by atoms with Gasteiger partial charge in [0.2, 0.25) is 5.91 Å². The molecule has 1 saturated heterocycles. The maximum atomic E-state index is 12.9. The molecule has 1 aromatic carbocycles. The Bertz CT molecular complexity index is 657. The molecule has 1 aromatic heterocycles. The highest BCUT2D eigenvalue weighted by atomic mass is 16.4. The molecule has 1 N–H and O–H groups in total. The normalized spacial score (nSPS) is 19.0. The fourth-order valence-electron chi connectivity index (χ4n) is 3.34. The summed E-state index contributed by atoms with van der Waals surface area (Å²) in [7, 11) is 0. The molecule has 1 aliphatic heterocycles. The summed E-state index contributed by atoms with van der Waals surface area (Å²) in [4.78, 5) is 16.8. The quantitative estimate of drug-likeness (QED) is 0.841. The molecule has 1 aliphatic rings. The second-order valence-electron chi connectivity index (χ2n) is 6.75. The number of carbonyl (C=O) groups excluding carboxylic acids is 1. The second kappa shape index (κ2) is 8.32. The van der Waals surface area contributed by atoms with Crippen LogP contribution in [0.25, 0.3) is 0 Å². The molecule has 5 nitrogen and oxygen atoms in total. The summed E-state index contributed by atoms with van der Waals surface area (Å²) in [6.45, 7) is 4.24. The van der Waals surface area contributed by atoms with Crippen molar-refractivity contribution >= 4 is 5.91 Å². The SMILES string of the molecule is CC1CCCN1CC(=O)N(Cc1ccccc1)CC(O)c1ccco1. The number of hydrogen-bond donors (Lipinski definition) is 1. The minimum Gasteiger partial charge on any atom is -0.467 e. The van der Waals surface area contributed by atoms with Crippen molar-refractivity contribution in [3.63, 3.8) is 0 Å². The van der Waals surface area contributed by atoms with Crippen LogP contribution in [0.1, 0.15) is 37.2 Å². The van der Waals surface area contributed by atoms with E-state index < -0.39 is 6.10 Å². The Morgan fingerprint density at radius 2 is 2.12 bits per heavy atom. The van der Waals surface area contributed by atoms with Crippen LogP contribution in [0.5, 0.6) is 0 Å². The number of nitrogens with zero attached hydrogens (tertiary/aromatic N) is 2. The number of hydrogen-bond acceptors (Lipinski definition) is 4. The van der Waals surface area contributed by atoms with Gasteiger partial charge in [-0.1, -0.05) is 30.3 Å². The predicted octanol–water partition coefficient (Wildman–Crippen LogP) is 2.83. The van der Waals surface area contributed by atoms with Gasteiger partial charge >= 0.3 is 0 Å². The van der Waals surface area contributed by atoms with Gasteiger partial charge in [0.15, 0.2) is 0 Å². The van der Waals surface area contributed by atoms with E-state index in [4.69, 9.17) is 4.42 Å². The third-order valence-corrected chi connectivity index (χ3v) is 4.86. The molecule has 0 aliphatic carbocycles. The van der Waals surface area contributed by atoms with Crippen LogP contribution >= 0.6 is 0 Å². The molecule has 0 spiro atoms. The topological polar surface area (TPSA) is 56.9 Å². The van der Waals surface area contributed by atoms with Gasteiger partial charge in [0.1, 0.15) is 11.9 Å². The van der Waals surface area contributed by atoms with Crippen LogP contribution < -0.4 is 0 Å². The summed E-state index contributed by atoms with van der Waals surface area (Å²) in [5.74, 6) is 0.531. The lowest BCUT2D eigenvalue weighted by molar-refractivity contribution is -0.135. The molecule has 2 atom stereocenters. The molecule has 0 bridgehead atoms. The van der Waals surface area contributed by atoms with Gasteiger partial charge in [-0.05, 0) is 44.0 Å². The molecule has 2 aromatic rings. The lowest BCUT2D eigenvalue weighted by Crippen LogP contribution is -2.42. The predicted molar refractivity (Wildman–Crippen MR) is 95.8 cm³/mol. The fourth-order valence-corrected chi connectivity index (χ4v) is 3.34. The summed E-state index contributed by atoms with van der Waals surface area (Å²) in [6.07, 6.45) is 3.00. The van der Waals surface area contributed by atoms with Gasteiger partial charge in [-0.3, -0.25) is 9.69 Å². The van der Waals surface area contributed by atoms with Crippen molar-refractivity contribution < 1.29 is 14.3 Å². The molecule has 3 rings (SSSR count). The first-order chi connectivity index (χ1) is 12.1. The molecule has 134 valence electrons. The van der Waals surface area contributed by atoms with Crippen LogP contribution in [0, 0.1) is 0 Å². The van der Waals surface area contributed by atoms with E-state index in [1.165, 1.54) is 6.26 Å². The van der Waals surface area contributed by atoms with Gasteiger partial charge in [0.05, 0.1) is 19.4 Å². The van der Waals surface area contributed by atoms with E-state index in [0.717, 1.165) is 24.9 Å². The zero-order valence-corrected chi connectivity index (χ0v) is 14.7. The van der Waals surface area contributed by atoms with Crippen molar-refractivity contribution in [2.45, 2.75) is 38.5 Å². The number of likely N-dealkylation sites (tertiary alicyclic amines) is 1. The van der Waals surface area contributed by atoms with Crippen LogP contribution in [-0.2, 0) is 11.3 Å². The van der Waals surface area contributed by atoms with Gasteiger partial charge in [-0.25, -0.2) is 0 Å². The number of rotatable bonds is 7. The van der Waals surface area contributed by atoms with Gasteiger partial charge in [-0.15, -0.1) is 0 Å². The minimum atomic E-state index is -0.821. The van der Waals surface area contributed by atoms with Crippen LogP contribution in [0.15, 0.2) is 53.1 Å². The number of furan rings is 1. The van der Waals surface area contributed by atoms with E-state index in [2.05, 4.69) is 11.8 Å². The van der Waals surface area contributed by atoms with Crippen molar-refractivity contribution in [2.75, 3.05) is 19.6 Å². The molecule has 5 heteroatoms. The third kappa shape index (κ3) is 4.71. The average molecular weight is 342 g/mol. The van der Waals surface area contributed by atoms with Crippen molar-refractivity contribution in [1.29, 1.82) is 0 Å². The Morgan fingerprint density at radius 3 is 2.76 bits per heavy atom. The van der Waals surface area contributed by atoms with Gasteiger partial charge < -0.3 is 14.4 Å². The number of amides is 1. The second-order valence-corrected chi connectivity index (χ2v) is 6.75. The molecule has 0 saturated carbocycles. The summed E-state index contributed by atoms with van der Waals surface area (Å²) < 4.78 is 5.28. The summed E-state index contributed by atoms with van der Waals surface area (Å²) >= 11 is 0. The summed E-state index contributed by atoms with van der Waals surface area (Å²) in [5, 5.41) is 10.4. The van der Waals surface area contributed by atoms with Crippen molar-refractivity contribution in [2.24, 2.45) is 0 Å². The summed E-state index contributed by atoms with van der Waals surface area (Å²) in [5.41, 5.74) is 1.05. The van der Waals surface area contributed by atoms with Gasteiger partial charge in [0, 0.05) is 12.6 Å². The highest BCUT2D eigenvalue weighted by molar-refractivity contribution is 5.78. The van der Waals surface area contributed by atoms with E-state index in [9.17, 15) is 9.90 Å². The lowest BCUT2D eigenvalue weighted by Gasteiger charge is -2.28. The monoisotopic (exact) mass is 342 g/mol. The van der Waals surface area contributed by atoms with Crippen LogP contribution in [0.3, 0.4) is 0 Å². The summed E-state index contributed by atoms with van der Waals surface area (Å²) in [6, 6.07) is 13.8. The molecule has 2 unspecified atom stereocenters. The average Bonchev–Trinajstić information content (AvgIpc) is 3.28. The Hall–Kier alpha value is -2.11. The largest absolute Gasteiger partial charge is 0.467 e. The molecule has 1 amide bonds. The zero-order valence-electron chi connectivity index (χ0n) is 14.7. The van der Waals surface area contributed by atoms with Gasteiger partial charge in [-0.2, -0.15) is 0 Å². The molecule has 2 heterocycles. The Morgan fingerprint density at radius 1 is 1.32 bits per heavy atom. The van der Waals surface area contributed by atoms with E-state index in [1.54, 1.807) is 17.0 Å². The van der Waals surface area contributed by atoms with E-state index >= 15 is 0 Å². The molecule has 1 fully saturated rings. The highest BCUT2D eigenvalue weighted by Gasteiger charge is 2.26. The van der Waals surface area contributed by atoms with Crippen LogP contribution in [0.2, 0.25) is 0 Å². The highest BCUT2D eigenvalue weighted by Crippen LogP contribution is 2.19. The van der Waals surface area contributed by atoms with E-state index in [-0.39, 0.29) is 12.5 Å². The Balaban J connectivity index is 1.69. The first kappa shape index (κ1) is 17.7. The third-order valence-electron chi connectivity index (χ3n) is 4.86. The fraction of sp³-hybridized carbons (Fsp3) is 0.450. The standard InChI is InChI=1S/C20H26N2O3/c1-16-7-5-11-21(16)15-20(24)22(13-17-8-3-2-4-9-17)14-18(23)19-10-6-12-25-19/h2-4,6,8-10,12,16,18,23H,5,7,11,13-15H2,1H3. The lowest BCUT2D eigenvalue weighted by atomic mass is 10.2. The number of benzene rings is 1. The van der Waals surface area contributed by atoms with Crippen molar-refractivity contribution in [3.05, 3.63) is 60.1 Å². The molecule has 0 radical (unpaired) electrons. The Labute approximate surface area is 148 Å². The smallest absolute Gasteiger partial charge is 0.237 e. The van der Waals surface area contributed by atoms with Crippen molar-refractivity contribution in [3.8, 4) is 0 Å². The zero-order chi connectivity index (χ0) is 17.6. The van der Waals surface area contributed by atoms with E-state index in [0.29, 0.717) is 24.9 Å². The van der Waals surface area contributed by atoms with Crippen LogP contribution in [-0.4, -0.2) is 46.5 Å². The first-order valence-corrected chi connectivity index (χ1v) is 8.90. The number of carbonyl (C=O) groups is 1. The van der Waals surface area contributed by atoms with Crippen LogP contribution in [0.4, 0.5) is 0 Å².